The van der Waals surface area contributed by atoms with E-state index in [4.69, 9.17) is 5.73 Å². The smallest absolute Gasteiger partial charge is 0.107 e. The molecule has 0 saturated heterocycles. The van der Waals surface area contributed by atoms with Gasteiger partial charge in [0.05, 0.1) is 11.0 Å². The number of halogens is 1. The van der Waals surface area contributed by atoms with Crippen molar-refractivity contribution in [3.05, 3.63) is 42.2 Å². The monoisotopic (exact) mass is 260 g/mol. The van der Waals surface area contributed by atoms with Crippen LogP contribution in [0.1, 0.15) is 12.2 Å². The molecule has 0 spiro atoms. The van der Waals surface area contributed by atoms with Crippen LogP contribution >= 0.6 is 0 Å². The first-order valence-electron chi connectivity index (χ1n) is 5.94. The fraction of sp³-hybridized carbons (Fsp3) is 0.214. The van der Waals surface area contributed by atoms with Gasteiger partial charge in [-0.2, -0.15) is 0 Å². The summed E-state index contributed by atoms with van der Waals surface area (Å²) in [5.41, 5.74) is 7.66. The molecule has 3 aromatic rings. The molecule has 0 unspecified atom stereocenters. The van der Waals surface area contributed by atoms with Crippen molar-refractivity contribution < 1.29 is 12.4 Å². The second kappa shape index (κ2) is 5.38. The lowest BCUT2D eigenvalue weighted by Gasteiger charge is -1.95. The van der Waals surface area contributed by atoms with E-state index >= 15 is 0 Å². The number of hydrogen-bond acceptors (Lipinski definition) is 2. The molecule has 0 bridgehead atoms. The lowest BCUT2D eigenvalue weighted by Crippen LogP contribution is -3.00. The zero-order valence-electron chi connectivity index (χ0n) is 9.99. The highest BCUT2D eigenvalue weighted by molar-refractivity contribution is 5.95. The van der Waals surface area contributed by atoms with Crippen molar-refractivity contribution in [3.8, 4) is 0 Å². The predicted molar refractivity (Wildman–Crippen MR) is 71.0 cm³/mol. The van der Waals surface area contributed by atoms with Crippen molar-refractivity contribution in [1.29, 1.82) is 0 Å². The maximum atomic E-state index is 5.51. The number of aromatic nitrogens is 2. The van der Waals surface area contributed by atoms with Crippen molar-refractivity contribution in [2.24, 2.45) is 5.73 Å². The fourth-order valence-electron chi connectivity index (χ4n) is 2.14. The number of fused-ring (bicyclic) bond motifs is 2. The largest absolute Gasteiger partial charge is 1.00 e. The van der Waals surface area contributed by atoms with Crippen LogP contribution < -0.4 is 18.1 Å². The molecule has 1 heterocycles. The minimum atomic E-state index is 0. The number of H-pyrrole nitrogens is 1. The van der Waals surface area contributed by atoms with Crippen LogP contribution in [-0.2, 0) is 6.42 Å². The zero-order chi connectivity index (χ0) is 11.7. The Bertz CT molecular complexity index is 608. The summed E-state index contributed by atoms with van der Waals surface area (Å²) in [6, 6.07) is 12.6. The first kappa shape index (κ1) is 12.9. The Kier molecular flexibility index (Phi) is 3.84. The molecule has 0 atom stereocenters. The SMILES string of the molecule is NCCCc1nc2cc3ccccc3cc2[nH]1.[Cl-]. The third-order valence-electron chi connectivity index (χ3n) is 3.02. The van der Waals surface area contributed by atoms with Gasteiger partial charge in [0.1, 0.15) is 5.82 Å². The van der Waals surface area contributed by atoms with Crippen molar-refractivity contribution in [2.45, 2.75) is 12.8 Å². The number of nitrogens with two attached hydrogens (primary N) is 1. The molecule has 0 aliphatic carbocycles. The van der Waals surface area contributed by atoms with Gasteiger partial charge in [0, 0.05) is 6.42 Å². The Morgan fingerprint density at radius 2 is 1.83 bits per heavy atom. The van der Waals surface area contributed by atoms with Crippen molar-refractivity contribution in [2.75, 3.05) is 6.54 Å². The van der Waals surface area contributed by atoms with Gasteiger partial charge < -0.3 is 23.1 Å². The highest BCUT2D eigenvalue weighted by atomic mass is 35.5. The van der Waals surface area contributed by atoms with Gasteiger partial charge in [-0.1, -0.05) is 24.3 Å². The number of nitrogens with zero attached hydrogens (tertiary/aromatic N) is 1. The van der Waals surface area contributed by atoms with Gasteiger partial charge in [0.25, 0.3) is 0 Å². The molecule has 3 rings (SSSR count). The van der Waals surface area contributed by atoms with Crippen LogP contribution in [0.25, 0.3) is 21.8 Å². The highest BCUT2D eigenvalue weighted by Gasteiger charge is 2.03. The third kappa shape index (κ3) is 2.33. The van der Waals surface area contributed by atoms with Crippen LogP contribution in [0.3, 0.4) is 0 Å². The topological polar surface area (TPSA) is 54.7 Å². The number of imidazole rings is 1. The summed E-state index contributed by atoms with van der Waals surface area (Å²) >= 11 is 0. The van der Waals surface area contributed by atoms with E-state index in [2.05, 4.69) is 46.4 Å². The van der Waals surface area contributed by atoms with E-state index in [0.29, 0.717) is 6.54 Å². The Hall–Kier alpha value is -1.58. The Morgan fingerprint density at radius 3 is 2.56 bits per heavy atom. The summed E-state index contributed by atoms with van der Waals surface area (Å²) in [4.78, 5) is 7.95. The van der Waals surface area contributed by atoms with Gasteiger partial charge in [0.15, 0.2) is 0 Å². The molecule has 0 fully saturated rings. The minimum Gasteiger partial charge on any atom is -1.00 e. The molecule has 3 nitrogen and oxygen atoms in total. The van der Waals surface area contributed by atoms with E-state index in [1.54, 1.807) is 0 Å². The van der Waals surface area contributed by atoms with E-state index in [0.717, 1.165) is 29.7 Å². The highest BCUT2D eigenvalue weighted by Crippen LogP contribution is 2.21. The molecule has 0 radical (unpaired) electrons. The van der Waals surface area contributed by atoms with E-state index < -0.39 is 0 Å². The summed E-state index contributed by atoms with van der Waals surface area (Å²) in [6.07, 6.45) is 1.89. The first-order chi connectivity index (χ1) is 8.36. The number of rotatable bonds is 3. The number of nitrogens with one attached hydrogen (secondary N) is 1. The second-order valence-corrected chi connectivity index (χ2v) is 4.29. The molecular weight excluding hydrogens is 246 g/mol. The van der Waals surface area contributed by atoms with E-state index in [9.17, 15) is 0 Å². The number of aryl methyl sites for hydroxylation is 1. The van der Waals surface area contributed by atoms with E-state index in [1.165, 1.54) is 10.8 Å². The first-order valence-corrected chi connectivity index (χ1v) is 5.94. The van der Waals surface area contributed by atoms with Crippen LogP contribution in [0, 0.1) is 0 Å². The number of benzene rings is 2. The lowest BCUT2D eigenvalue weighted by molar-refractivity contribution is -0.00000363. The molecule has 3 N–H and O–H groups in total. The van der Waals surface area contributed by atoms with Crippen LogP contribution in [-0.4, -0.2) is 16.5 Å². The third-order valence-corrected chi connectivity index (χ3v) is 3.02. The van der Waals surface area contributed by atoms with E-state index in [-0.39, 0.29) is 12.4 Å². The van der Waals surface area contributed by atoms with Crippen molar-refractivity contribution >= 4 is 21.8 Å². The minimum absolute atomic E-state index is 0. The van der Waals surface area contributed by atoms with Gasteiger partial charge in [-0.3, -0.25) is 0 Å². The van der Waals surface area contributed by atoms with Gasteiger partial charge in [-0.05, 0) is 35.9 Å². The molecule has 2 aromatic carbocycles. The normalized spacial score (nSPS) is 10.7. The molecule has 0 aliphatic heterocycles. The van der Waals surface area contributed by atoms with Gasteiger partial charge >= 0.3 is 0 Å². The summed E-state index contributed by atoms with van der Waals surface area (Å²) in [5, 5.41) is 2.48. The van der Waals surface area contributed by atoms with Gasteiger partial charge in [-0.25, -0.2) is 4.98 Å². The molecule has 1 aromatic heterocycles. The summed E-state index contributed by atoms with van der Waals surface area (Å²) < 4.78 is 0. The predicted octanol–water partition coefficient (Wildman–Crippen LogP) is -0.389. The van der Waals surface area contributed by atoms with E-state index in [1.807, 2.05) is 0 Å². The molecule has 94 valence electrons. The maximum absolute atomic E-state index is 5.51. The summed E-state index contributed by atoms with van der Waals surface area (Å²) in [6.45, 7) is 0.707. The van der Waals surface area contributed by atoms with Crippen molar-refractivity contribution in [1.82, 2.24) is 9.97 Å². The lowest BCUT2D eigenvalue weighted by atomic mass is 10.1. The Balaban J connectivity index is 0.00000120. The molecule has 0 aliphatic rings. The Morgan fingerprint density at radius 1 is 1.11 bits per heavy atom. The molecule has 4 heteroatoms. The van der Waals surface area contributed by atoms with Crippen LogP contribution in [0.15, 0.2) is 36.4 Å². The second-order valence-electron chi connectivity index (χ2n) is 4.29. The molecule has 18 heavy (non-hydrogen) atoms. The van der Waals surface area contributed by atoms with Crippen molar-refractivity contribution in [3.63, 3.8) is 0 Å². The quantitative estimate of drug-likeness (QED) is 0.674. The zero-order valence-corrected chi connectivity index (χ0v) is 10.7. The summed E-state index contributed by atoms with van der Waals surface area (Å²) in [7, 11) is 0. The Labute approximate surface area is 112 Å². The fourth-order valence-corrected chi connectivity index (χ4v) is 2.14. The molecule has 0 amide bonds. The average Bonchev–Trinajstić information content (AvgIpc) is 2.75. The molecular formula is C14H15ClN3-. The standard InChI is InChI=1S/C14H15N3.ClH/c15-7-3-6-14-16-12-8-10-4-1-2-5-11(10)9-13(12)17-14;/h1-2,4-5,8-9H,3,6-7,15H2,(H,16,17);1H/p-1. The van der Waals surface area contributed by atoms with Crippen LogP contribution in [0.4, 0.5) is 0 Å². The molecule has 0 saturated carbocycles. The maximum Gasteiger partial charge on any atom is 0.107 e. The van der Waals surface area contributed by atoms with Crippen LogP contribution in [0.2, 0.25) is 0 Å². The van der Waals surface area contributed by atoms with Crippen LogP contribution in [0.5, 0.6) is 0 Å². The number of hydrogen-bond donors (Lipinski definition) is 2. The van der Waals surface area contributed by atoms with Gasteiger partial charge in [0.2, 0.25) is 0 Å². The summed E-state index contributed by atoms with van der Waals surface area (Å²) in [5.74, 6) is 1.03. The number of aromatic amines is 1. The van der Waals surface area contributed by atoms with Gasteiger partial charge in [-0.15, -0.1) is 0 Å². The average molecular weight is 261 g/mol.